The Balaban J connectivity index is 1.83. The van der Waals surface area contributed by atoms with Crippen molar-refractivity contribution in [1.29, 1.82) is 0 Å². The van der Waals surface area contributed by atoms with Crippen molar-refractivity contribution in [3.8, 4) is 28.5 Å². The Morgan fingerprint density at radius 1 is 1.17 bits per heavy atom. The van der Waals surface area contributed by atoms with Crippen LogP contribution >= 0.6 is 0 Å². The van der Waals surface area contributed by atoms with Crippen molar-refractivity contribution in [2.24, 2.45) is 0 Å². The standard InChI is InChI=1S/C25H27N3O2/c1-4-29-20-12-13-21-22(14-20)28(19-6-5-7-19)24(17-8-10-18(26-3)11-9-17)23(21)25-27-16(2)15-30-25/h8-15,19,26H,4-7H2,1-3H3. The summed E-state index contributed by atoms with van der Waals surface area (Å²) in [5, 5.41) is 4.36. The van der Waals surface area contributed by atoms with E-state index in [0.29, 0.717) is 18.5 Å². The molecule has 2 aromatic carbocycles. The Morgan fingerprint density at radius 3 is 2.57 bits per heavy atom. The third-order valence-electron chi connectivity index (χ3n) is 6.01. The molecule has 5 heteroatoms. The summed E-state index contributed by atoms with van der Waals surface area (Å²) in [5.74, 6) is 1.57. The molecule has 1 saturated carbocycles. The molecule has 5 rings (SSSR count). The van der Waals surface area contributed by atoms with E-state index in [4.69, 9.17) is 14.1 Å². The van der Waals surface area contributed by atoms with Crippen LogP contribution < -0.4 is 10.1 Å². The number of anilines is 1. The number of aromatic nitrogens is 2. The van der Waals surface area contributed by atoms with Gasteiger partial charge in [0.2, 0.25) is 5.89 Å². The second kappa shape index (κ2) is 7.56. The molecule has 154 valence electrons. The van der Waals surface area contributed by atoms with Crippen molar-refractivity contribution in [2.75, 3.05) is 19.0 Å². The second-order valence-corrected chi connectivity index (χ2v) is 7.91. The minimum atomic E-state index is 0.480. The Hall–Kier alpha value is -3.21. The molecule has 5 nitrogen and oxygen atoms in total. The molecule has 4 aromatic rings. The van der Waals surface area contributed by atoms with E-state index in [1.54, 1.807) is 6.26 Å². The van der Waals surface area contributed by atoms with Gasteiger partial charge in [0.15, 0.2) is 0 Å². The average molecular weight is 402 g/mol. The van der Waals surface area contributed by atoms with Gasteiger partial charge in [-0.1, -0.05) is 12.1 Å². The Labute approximate surface area is 176 Å². The van der Waals surface area contributed by atoms with Crippen LogP contribution in [0, 0.1) is 6.92 Å². The van der Waals surface area contributed by atoms with Crippen molar-refractivity contribution in [1.82, 2.24) is 9.55 Å². The Kier molecular flexibility index (Phi) is 4.74. The van der Waals surface area contributed by atoms with Gasteiger partial charge in [0.05, 0.1) is 29.1 Å². The maximum atomic E-state index is 5.92. The summed E-state index contributed by atoms with van der Waals surface area (Å²) in [6.45, 7) is 4.64. The lowest BCUT2D eigenvalue weighted by atomic mass is 9.92. The SMILES string of the molecule is CCOc1ccc2c(-c3nc(C)co3)c(-c3ccc(NC)cc3)n(C3CCC3)c2c1. The van der Waals surface area contributed by atoms with Crippen molar-refractivity contribution in [2.45, 2.75) is 39.2 Å². The van der Waals surface area contributed by atoms with Gasteiger partial charge in [-0.15, -0.1) is 0 Å². The summed E-state index contributed by atoms with van der Waals surface area (Å²) in [6.07, 6.45) is 5.37. The van der Waals surface area contributed by atoms with E-state index in [2.05, 4.69) is 46.3 Å². The molecule has 1 fully saturated rings. The van der Waals surface area contributed by atoms with E-state index < -0.39 is 0 Å². The molecule has 1 N–H and O–H groups in total. The van der Waals surface area contributed by atoms with Gasteiger partial charge in [-0.25, -0.2) is 4.98 Å². The van der Waals surface area contributed by atoms with Crippen LogP contribution in [0.5, 0.6) is 5.75 Å². The molecule has 0 aliphatic heterocycles. The number of fused-ring (bicyclic) bond motifs is 1. The molecule has 0 amide bonds. The zero-order chi connectivity index (χ0) is 20.7. The van der Waals surface area contributed by atoms with E-state index in [0.717, 1.165) is 28.1 Å². The summed E-state index contributed by atoms with van der Waals surface area (Å²) in [4.78, 5) is 4.70. The number of hydrogen-bond donors (Lipinski definition) is 1. The minimum absolute atomic E-state index is 0.480. The molecule has 2 heterocycles. The maximum absolute atomic E-state index is 5.92. The van der Waals surface area contributed by atoms with E-state index in [1.165, 1.54) is 36.0 Å². The fourth-order valence-electron chi connectivity index (χ4n) is 4.33. The van der Waals surface area contributed by atoms with E-state index in [9.17, 15) is 0 Å². The highest BCUT2D eigenvalue weighted by atomic mass is 16.5. The third-order valence-corrected chi connectivity index (χ3v) is 6.01. The largest absolute Gasteiger partial charge is 0.494 e. The average Bonchev–Trinajstić information content (AvgIpc) is 3.28. The van der Waals surface area contributed by atoms with Gasteiger partial charge < -0.3 is 19.0 Å². The summed E-state index contributed by atoms with van der Waals surface area (Å²) < 4.78 is 14.2. The second-order valence-electron chi connectivity index (χ2n) is 7.91. The minimum Gasteiger partial charge on any atom is -0.494 e. The molecule has 2 aromatic heterocycles. The van der Waals surface area contributed by atoms with E-state index in [-0.39, 0.29) is 0 Å². The van der Waals surface area contributed by atoms with Crippen molar-refractivity contribution in [3.63, 3.8) is 0 Å². The number of nitrogens with zero attached hydrogens (tertiary/aromatic N) is 2. The fraction of sp³-hybridized carbons (Fsp3) is 0.320. The zero-order valence-electron chi connectivity index (χ0n) is 17.7. The molecule has 0 bridgehead atoms. The molecule has 1 aliphatic rings. The third kappa shape index (κ3) is 3.05. The van der Waals surface area contributed by atoms with Crippen LogP contribution in [-0.4, -0.2) is 23.2 Å². The topological polar surface area (TPSA) is 52.2 Å². The summed E-state index contributed by atoms with van der Waals surface area (Å²) >= 11 is 0. The van der Waals surface area contributed by atoms with E-state index in [1.807, 2.05) is 27.0 Å². The summed E-state index contributed by atoms with van der Waals surface area (Å²) in [6, 6.07) is 15.4. The number of hydrogen-bond acceptors (Lipinski definition) is 4. The highest BCUT2D eigenvalue weighted by Gasteiger charge is 2.30. The lowest BCUT2D eigenvalue weighted by Gasteiger charge is -2.30. The van der Waals surface area contributed by atoms with Gasteiger partial charge in [-0.3, -0.25) is 0 Å². The van der Waals surface area contributed by atoms with Gasteiger partial charge in [0.1, 0.15) is 12.0 Å². The van der Waals surface area contributed by atoms with Gasteiger partial charge in [-0.05, 0) is 62.9 Å². The monoisotopic (exact) mass is 401 g/mol. The summed E-state index contributed by atoms with van der Waals surface area (Å²) in [5.41, 5.74) is 6.57. The quantitative estimate of drug-likeness (QED) is 0.404. The molecule has 0 saturated heterocycles. The predicted octanol–water partition coefficient (Wildman–Crippen LogP) is 6.44. The highest BCUT2D eigenvalue weighted by molar-refractivity contribution is 6.03. The van der Waals surface area contributed by atoms with Crippen LogP contribution in [0.4, 0.5) is 5.69 Å². The molecule has 0 radical (unpaired) electrons. The van der Waals surface area contributed by atoms with E-state index >= 15 is 0 Å². The predicted molar refractivity (Wildman–Crippen MR) is 121 cm³/mol. The van der Waals surface area contributed by atoms with Gasteiger partial charge in [-0.2, -0.15) is 0 Å². The van der Waals surface area contributed by atoms with Gasteiger partial charge >= 0.3 is 0 Å². The molecule has 1 aliphatic carbocycles. The van der Waals surface area contributed by atoms with Crippen molar-refractivity contribution in [3.05, 3.63) is 54.4 Å². The number of oxazole rings is 1. The molecular formula is C25H27N3O2. The van der Waals surface area contributed by atoms with Crippen molar-refractivity contribution < 1.29 is 9.15 Å². The fourth-order valence-corrected chi connectivity index (χ4v) is 4.33. The van der Waals surface area contributed by atoms with Crippen LogP contribution in [0.25, 0.3) is 33.6 Å². The highest BCUT2D eigenvalue weighted by Crippen LogP contribution is 2.47. The van der Waals surface area contributed by atoms with Crippen molar-refractivity contribution >= 4 is 16.6 Å². The van der Waals surface area contributed by atoms with Crippen LogP contribution in [-0.2, 0) is 0 Å². The van der Waals surface area contributed by atoms with Crippen LogP contribution in [0.1, 0.15) is 37.9 Å². The van der Waals surface area contributed by atoms with Crippen LogP contribution in [0.2, 0.25) is 0 Å². The first-order valence-corrected chi connectivity index (χ1v) is 10.7. The summed E-state index contributed by atoms with van der Waals surface area (Å²) in [7, 11) is 1.94. The molecule has 30 heavy (non-hydrogen) atoms. The number of benzene rings is 2. The smallest absolute Gasteiger partial charge is 0.228 e. The van der Waals surface area contributed by atoms with Gasteiger partial charge in [0.25, 0.3) is 0 Å². The number of rotatable bonds is 6. The van der Waals surface area contributed by atoms with Crippen LogP contribution in [0.15, 0.2) is 53.1 Å². The number of nitrogens with one attached hydrogen (secondary N) is 1. The normalized spacial score (nSPS) is 14.1. The maximum Gasteiger partial charge on any atom is 0.228 e. The first kappa shape index (κ1) is 18.8. The first-order valence-electron chi connectivity index (χ1n) is 10.7. The Morgan fingerprint density at radius 2 is 1.97 bits per heavy atom. The van der Waals surface area contributed by atoms with Gasteiger partial charge in [0, 0.05) is 30.2 Å². The molecule has 0 atom stereocenters. The lowest BCUT2D eigenvalue weighted by molar-refractivity contribution is 0.323. The Bertz CT molecular complexity index is 1180. The lowest BCUT2D eigenvalue weighted by Crippen LogP contribution is -2.17. The van der Waals surface area contributed by atoms with Crippen LogP contribution in [0.3, 0.4) is 0 Å². The molecule has 0 spiro atoms. The first-order chi connectivity index (χ1) is 14.7. The zero-order valence-corrected chi connectivity index (χ0v) is 17.7. The molecule has 0 unspecified atom stereocenters. The number of aryl methyl sites for hydroxylation is 1. The molecular weight excluding hydrogens is 374 g/mol. The number of ether oxygens (including phenoxy) is 1.